The monoisotopic (exact) mass is 438 g/mol. The lowest BCUT2D eigenvalue weighted by Gasteiger charge is -2.30. The second kappa shape index (κ2) is 10.3. The lowest BCUT2D eigenvalue weighted by atomic mass is 10.1. The third-order valence-corrected chi connectivity index (χ3v) is 5.01. The zero-order chi connectivity index (χ0) is 22.4. The Kier molecular flexibility index (Phi) is 7.77. The molecule has 2 radical (unpaired) electrons. The lowest BCUT2D eigenvalue weighted by Crippen LogP contribution is -2.40. The van der Waals surface area contributed by atoms with Crippen molar-refractivity contribution in [2.24, 2.45) is 5.73 Å². The molecule has 0 aliphatic rings. The maximum Gasteiger partial charge on any atom is 0.248 e. The van der Waals surface area contributed by atoms with Crippen LogP contribution in [0.4, 0.5) is 11.4 Å². The second-order valence-corrected chi connectivity index (χ2v) is 8.52. The van der Waals surface area contributed by atoms with Gasteiger partial charge in [-0.05, 0) is 56.2 Å². The number of para-hydroxylation sites is 1. The predicted molar refractivity (Wildman–Crippen MR) is 128 cm³/mol. The molecule has 0 bridgehead atoms. The summed E-state index contributed by atoms with van der Waals surface area (Å²) in [7, 11) is 5.71. The average molecular weight is 438 g/mol. The van der Waals surface area contributed by atoms with Gasteiger partial charge in [-0.2, -0.15) is 0 Å². The third kappa shape index (κ3) is 6.33. The van der Waals surface area contributed by atoms with E-state index >= 15 is 0 Å². The highest BCUT2D eigenvalue weighted by Gasteiger charge is 2.20. The van der Waals surface area contributed by atoms with Crippen molar-refractivity contribution < 1.29 is 8.92 Å². The lowest BCUT2D eigenvalue weighted by molar-refractivity contribution is 0.0429. The molecule has 1 aromatic heterocycles. The fourth-order valence-electron chi connectivity index (χ4n) is 3.16. The summed E-state index contributed by atoms with van der Waals surface area (Å²) in [5.41, 5.74) is 7.70. The Labute approximate surface area is 188 Å². The first-order valence-corrected chi connectivity index (χ1v) is 11.1. The van der Waals surface area contributed by atoms with E-state index in [1.54, 1.807) is 6.07 Å². The zero-order valence-corrected chi connectivity index (χ0v) is 18.8. The SMILES string of the molecule is [B]n1cnc2ccc(N(CC(COCC(C)(C)N)OSC)c3ccccc3)cc2c1=O. The fourth-order valence-corrected chi connectivity index (χ4v) is 3.55. The van der Waals surface area contributed by atoms with Crippen molar-refractivity contribution >= 4 is 42.3 Å². The van der Waals surface area contributed by atoms with Crippen molar-refractivity contribution in [3.8, 4) is 0 Å². The summed E-state index contributed by atoms with van der Waals surface area (Å²) in [4.78, 5) is 18.8. The molecular formula is C22H27BN4O3S. The molecule has 0 fully saturated rings. The van der Waals surface area contributed by atoms with Crippen LogP contribution in [0.3, 0.4) is 0 Å². The highest BCUT2D eigenvalue weighted by Crippen LogP contribution is 2.28. The number of hydrogen-bond donors (Lipinski definition) is 1. The van der Waals surface area contributed by atoms with Crippen LogP contribution in [0.1, 0.15) is 13.8 Å². The number of benzene rings is 2. The van der Waals surface area contributed by atoms with E-state index in [4.69, 9.17) is 22.6 Å². The van der Waals surface area contributed by atoms with Gasteiger partial charge in [0.25, 0.3) is 0 Å². The molecule has 0 saturated heterocycles. The number of ether oxygens (including phenoxy) is 1. The molecule has 1 atom stereocenters. The summed E-state index contributed by atoms with van der Waals surface area (Å²) in [6.07, 6.45) is 2.96. The molecule has 2 N–H and O–H groups in total. The van der Waals surface area contributed by atoms with E-state index < -0.39 is 5.54 Å². The van der Waals surface area contributed by atoms with Crippen LogP contribution in [-0.4, -0.2) is 55.1 Å². The third-order valence-electron chi connectivity index (χ3n) is 4.54. The molecule has 0 amide bonds. The molecule has 1 heterocycles. The van der Waals surface area contributed by atoms with Crippen LogP contribution in [0.2, 0.25) is 0 Å². The quantitative estimate of drug-likeness (QED) is 0.385. The molecule has 3 aromatic rings. The van der Waals surface area contributed by atoms with Crippen molar-refractivity contribution in [3.63, 3.8) is 0 Å². The Bertz CT molecular complexity index is 1060. The predicted octanol–water partition coefficient (Wildman–Crippen LogP) is 2.88. The van der Waals surface area contributed by atoms with Gasteiger partial charge in [0.05, 0.1) is 37.0 Å². The number of aromatic nitrogens is 2. The summed E-state index contributed by atoms with van der Waals surface area (Å²) in [5, 5.41) is 0.451. The maximum absolute atomic E-state index is 12.5. The van der Waals surface area contributed by atoms with E-state index in [1.165, 1.54) is 18.4 Å². The Balaban J connectivity index is 1.94. The summed E-state index contributed by atoms with van der Waals surface area (Å²) in [6, 6.07) is 15.5. The molecule has 162 valence electrons. The number of nitrogens with two attached hydrogens (primary N) is 1. The molecule has 0 aliphatic heterocycles. The first-order valence-electron chi connectivity index (χ1n) is 9.93. The summed E-state index contributed by atoms with van der Waals surface area (Å²) < 4.78 is 12.7. The van der Waals surface area contributed by atoms with Crippen LogP contribution in [0.15, 0.2) is 59.7 Å². The standard InChI is InChI=1S/C22H27BN4O3S/c1-22(2,24)14-29-13-18(30-31-3)12-26(16-7-5-4-6-8-16)17-9-10-20-19(11-17)21(28)27(23)15-25-20/h4-11,15,18H,12-14,24H2,1-3H3. The summed E-state index contributed by atoms with van der Waals surface area (Å²) in [6.45, 7) is 5.15. The van der Waals surface area contributed by atoms with Crippen molar-refractivity contribution in [1.29, 1.82) is 0 Å². The minimum atomic E-state index is -0.420. The fraction of sp³-hybridized carbons (Fsp3) is 0.364. The van der Waals surface area contributed by atoms with E-state index in [9.17, 15) is 4.79 Å². The number of fused-ring (bicyclic) bond motifs is 1. The van der Waals surface area contributed by atoms with Crippen LogP contribution < -0.4 is 16.2 Å². The molecule has 0 saturated carbocycles. The van der Waals surface area contributed by atoms with Crippen LogP contribution in [-0.2, 0) is 8.92 Å². The van der Waals surface area contributed by atoms with Crippen LogP contribution in [0, 0.1) is 0 Å². The van der Waals surface area contributed by atoms with Gasteiger partial charge in [-0.3, -0.25) is 4.79 Å². The first-order chi connectivity index (χ1) is 14.8. The van der Waals surface area contributed by atoms with Crippen molar-refractivity contribution in [2.75, 3.05) is 30.9 Å². The van der Waals surface area contributed by atoms with Gasteiger partial charge < -0.3 is 24.0 Å². The largest absolute Gasteiger partial charge is 0.377 e. The molecular weight excluding hydrogens is 411 g/mol. The maximum atomic E-state index is 12.5. The van der Waals surface area contributed by atoms with Gasteiger partial charge in [-0.25, -0.2) is 4.98 Å². The number of rotatable bonds is 10. The smallest absolute Gasteiger partial charge is 0.248 e. The first kappa shape index (κ1) is 23.3. The van der Waals surface area contributed by atoms with E-state index in [1.807, 2.05) is 62.6 Å². The Morgan fingerprint density at radius 1 is 1.23 bits per heavy atom. The molecule has 3 rings (SSSR count). The van der Waals surface area contributed by atoms with E-state index in [2.05, 4.69) is 9.88 Å². The van der Waals surface area contributed by atoms with Gasteiger partial charge in [0.1, 0.15) is 6.10 Å². The number of anilines is 2. The Morgan fingerprint density at radius 2 is 1.97 bits per heavy atom. The molecule has 0 spiro atoms. The zero-order valence-electron chi connectivity index (χ0n) is 18.0. The van der Waals surface area contributed by atoms with Crippen molar-refractivity contribution in [3.05, 3.63) is 65.2 Å². The van der Waals surface area contributed by atoms with Crippen LogP contribution in [0.5, 0.6) is 0 Å². The molecule has 2 aromatic carbocycles. The van der Waals surface area contributed by atoms with Gasteiger partial charge in [0.2, 0.25) is 13.5 Å². The van der Waals surface area contributed by atoms with Crippen molar-refractivity contribution in [1.82, 2.24) is 9.46 Å². The van der Waals surface area contributed by atoms with Gasteiger partial charge in [-0.1, -0.05) is 18.2 Å². The normalized spacial score (nSPS) is 12.8. The number of hydrogen-bond acceptors (Lipinski definition) is 7. The summed E-state index contributed by atoms with van der Waals surface area (Å²) >= 11 is 1.29. The number of nitrogens with zero attached hydrogens (tertiary/aromatic N) is 3. The minimum absolute atomic E-state index is 0.228. The minimum Gasteiger partial charge on any atom is -0.377 e. The highest BCUT2D eigenvalue weighted by atomic mass is 32.2. The van der Waals surface area contributed by atoms with Gasteiger partial charge in [-0.15, -0.1) is 0 Å². The van der Waals surface area contributed by atoms with Crippen molar-refractivity contribution in [2.45, 2.75) is 25.5 Å². The van der Waals surface area contributed by atoms with E-state index in [-0.39, 0.29) is 11.7 Å². The van der Waals surface area contributed by atoms with E-state index in [0.29, 0.717) is 30.7 Å². The molecule has 1 unspecified atom stereocenters. The van der Waals surface area contributed by atoms with Crippen LogP contribution >= 0.6 is 12.0 Å². The van der Waals surface area contributed by atoms with Gasteiger partial charge in [0.15, 0.2) is 0 Å². The van der Waals surface area contributed by atoms with E-state index in [0.717, 1.165) is 15.9 Å². The summed E-state index contributed by atoms with van der Waals surface area (Å²) in [5.74, 6) is 0. The molecule has 9 heteroatoms. The highest BCUT2D eigenvalue weighted by molar-refractivity contribution is 7.93. The second-order valence-electron chi connectivity index (χ2n) is 7.99. The van der Waals surface area contributed by atoms with Crippen LogP contribution in [0.25, 0.3) is 10.9 Å². The average Bonchev–Trinajstić information content (AvgIpc) is 2.74. The van der Waals surface area contributed by atoms with Gasteiger partial charge >= 0.3 is 0 Å². The Morgan fingerprint density at radius 3 is 2.65 bits per heavy atom. The Hall–Kier alpha value is -2.33. The molecule has 0 aliphatic carbocycles. The van der Waals surface area contributed by atoms with Gasteiger partial charge in [0, 0.05) is 23.2 Å². The molecule has 31 heavy (non-hydrogen) atoms. The topological polar surface area (TPSA) is 82.6 Å². The molecule has 7 nitrogen and oxygen atoms in total.